The Balaban J connectivity index is 2.22. The van der Waals surface area contributed by atoms with Gasteiger partial charge in [0.15, 0.2) is 0 Å². The van der Waals surface area contributed by atoms with E-state index in [2.05, 4.69) is 9.97 Å². The summed E-state index contributed by atoms with van der Waals surface area (Å²) in [4.78, 5) is 7.67. The van der Waals surface area contributed by atoms with Crippen molar-refractivity contribution in [1.82, 2.24) is 9.97 Å². The Morgan fingerprint density at radius 2 is 2.25 bits per heavy atom. The molecule has 16 heavy (non-hydrogen) atoms. The van der Waals surface area contributed by atoms with Gasteiger partial charge in [-0.15, -0.1) is 0 Å². The van der Waals surface area contributed by atoms with Crippen molar-refractivity contribution in [3.8, 4) is 0 Å². The molecule has 0 bridgehead atoms. The molecule has 1 aromatic heterocycles. The number of imidazole rings is 1. The highest BCUT2D eigenvalue weighted by atomic mass is 16.5. The number of fused-ring (bicyclic) bond motifs is 1. The van der Waals surface area contributed by atoms with Gasteiger partial charge in [0.2, 0.25) is 0 Å². The predicted octanol–water partition coefficient (Wildman–Crippen LogP) is 1.95. The Morgan fingerprint density at radius 3 is 2.94 bits per heavy atom. The van der Waals surface area contributed by atoms with Crippen LogP contribution in [0.25, 0.3) is 11.0 Å². The molecule has 0 fully saturated rings. The number of H-pyrrole nitrogens is 1. The standard InChI is InChI=1S/C12H17N3O/c1-8(2)16-7-12-14-10-4-3-9(6-13)5-11(10)15-12/h3-5,8H,6-7,13H2,1-2H3,(H,14,15). The van der Waals surface area contributed by atoms with Crippen LogP contribution in [0.1, 0.15) is 25.2 Å². The van der Waals surface area contributed by atoms with Gasteiger partial charge in [-0.3, -0.25) is 0 Å². The normalized spacial score (nSPS) is 11.5. The fraction of sp³-hybridized carbons (Fsp3) is 0.417. The summed E-state index contributed by atoms with van der Waals surface area (Å²) in [5.74, 6) is 0.859. The van der Waals surface area contributed by atoms with Crippen molar-refractivity contribution in [3.05, 3.63) is 29.6 Å². The van der Waals surface area contributed by atoms with Gasteiger partial charge in [0.1, 0.15) is 12.4 Å². The lowest BCUT2D eigenvalue weighted by molar-refractivity contribution is 0.0618. The van der Waals surface area contributed by atoms with E-state index in [1.807, 2.05) is 32.0 Å². The summed E-state index contributed by atoms with van der Waals surface area (Å²) >= 11 is 0. The molecule has 2 aromatic rings. The van der Waals surface area contributed by atoms with Gasteiger partial charge in [-0.05, 0) is 31.5 Å². The van der Waals surface area contributed by atoms with Crippen LogP contribution < -0.4 is 5.73 Å². The van der Waals surface area contributed by atoms with Gasteiger partial charge in [-0.2, -0.15) is 0 Å². The molecule has 0 aliphatic carbocycles. The van der Waals surface area contributed by atoms with Crippen LogP contribution in [0, 0.1) is 0 Å². The van der Waals surface area contributed by atoms with Gasteiger partial charge in [0.05, 0.1) is 17.1 Å². The summed E-state index contributed by atoms with van der Waals surface area (Å²) in [5.41, 5.74) is 8.67. The molecule has 0 saturated heterocycles. The number of rotatable bonds is 4. The van der Waals surface area contributed by atoms with Crippen LogP contribution in [0.5, 0.6) is 0 Å². The largest absolute Gasteiger partial charge is 0.371 e. The molecule has 0 amide bonds. The molecule has 4 nitrogen and oxygen atoms in total. The Kier molecular flexibility index (Phi) is 3.22. The van der Waals surface area contributed by atoms with Gasteiger partial charge < -0.3 is 15.5 Å². The molecule has 0 unspecified atom stereocenters. The SMILES string of the molecule is CC(C)OCc1nc2ccc(CN)cc2[nH]1. The van der Waals surface area contributed by atoms with E-state index in [1.54, 1.807) is 0 Å². The van der Waals surface area contributed by atoms with Crippen LogP contribution >= 0.6 is 0 Å². The van der Waals surface area contributed by atoms with Gasteiger partial charge in [-0.1, -0.05) is 6.07 Å². The molecule has 4 heteroatoms. The van der Waals surface area contributed by atoms with E-state index in [-0.39, 0.29) is 6.10 Å². The summed E-state index contributed by atoms with van der Waals surface area (Å²) in [6, 6.07) is 6.00. The van der Waals surface area contributed by atoms with Crippen LogP contribution in [0.4, 0.5) is 0 Å². The number of nitrogens with one attached hydrogen (secondary N) is 1. The lowest BCUT2D eigenvalue weighted by Gasteiger charge is -2.03. The van der Waals surface area contributed by atoms with E-state index in [1.165, 1.54) is 0 Å². The Hall–Kier alpha value is -1.39. The molecule has 0 aliphatic rings. The van der Waals surface area contributed by atoms with Crippen molar-refractivity contribution in [2.45, 2.75) is 33.1 Å². The molecular formula is C12H17N3O. The van der Waals surface area contributed by atoms with Gasteiger partial charge in [-0.25, -0.2) is 4.98 Å². The first-order valence-electron chi connectivity index (χ1n) is 5.48. The number of hydrogen-bond donors (Lipinski definition) is 2. The average Bonchev–Trinajstić information content (AvgIpc) is 2.67. The molecule has 3 N–H and O–H groups in total. The number of ether oxygens (including phenoxy) is 1. The molecule has 0 atom stereocenters. The van der Waals surface area contributed by atoms with Gasteiger partial charge >= 0.3 is 0 Å². The number of aromatic nitrogens is 2. The Labute approximate surface area is 94.8 Å². The van der Waals surface area contributed by atoms with Crippen LogP contribution in [0.3, 0.4) is 0 Å². The van der Waals surface area contributed by atoms with Crippen molar-refractivity contribution in [2.75, 3.05) is 0 Å². The van der Waals surface area contributed by atoms with Crippen molar-refractivity contribution in [2.24, 2.45) is 5.73 Å². The second-order valence-corrected chi connectivity index (χ2v) is 4.10. The van der Waals surface area contributed by atoms with Crippen molar-refractivity contribution >= 4 is 11.0 Å². The third-order valence-electron chi connectivity index (χ3n) is 2.38. The minimum absolute atomic E-state index is 0.216. The third-order valence-corrected chi connectivity index (χ3v) is 2.38. The fourth-order valence-electron chi connectivity index (χ4n) is 1.55. The highest BCUT2D eigenvalue weighted by Gasteiger charge is 2.04. The van der Waals surface area contributed by atoms with Crippen molar-refractivity contribution in [1.29, 1.82) is 0 Å². The van der Waals surface area contributed by atoms with Crippen LogP contribution in [0.15, 0.2) is 18.2 Å². The lowest BCUT2D eigenvalue weighted by atomic mass is 10.2. The summed E-state index contributed by atoms with van der Waals surface area (Å²) < 4.78 is 5.50. The number of nitrogens with zero attached hydrogens (tertiary/aromatic N) is 1. The molecule has 0 radical (unpaired) electrons. The average molecular weight is 219 g/mol. The molecule has 0 saturated carbocycles. The maximum absolute atomic E-state index is 5.59. The predicted molar refractivity (Wildman–Crippen MR) is 63.9 cm³/mol. The number of benzene rings is 1. The first kappa shape index (κ1) is 11.1. The minimum atomic E-state index is 0.216. The summed E-state index contributed by atoms with van der Waals surface area (Å²) in [6.07, 6.45) is 0.216. The maximum atomic E-state index is 5.59. The Bertz CT molecular complexity index is 476. The third kappa shape index (κ3) is 2.40. The van der Waals surface area contributed by atoms with E-state index in [0.29, 0.717) is 13.2 Å². The van der Waals surface area contributed by atoms with E-state index < -0.39 is 0 Å². The maximum Gasteiger partial charge on any atom is 0.133 e. The van der Waals surface area contributed by atoms with Gasteiger partial charge in [0.25, 0.3) is 0 Å². The van der Waals surface area contributed by atoms with Gasteiger partial charge in [0, 0.05) is 6.54 Å². The second kappa shape index (κ2) is 4.63. The zero-order chi connectivity index (χ0) is 11.5. The Morgan fingerprint density at radius 1 is 1.44 bits per heavy atom. The summed E-state index contributed by atoms with van der Waals surface area (Å²) in [7, 11) is 0. The van der Waals surface area contributed by atoms with E-state index in [9.17, 15) is 0 Å². The first-order chi connectivity index (χ1) is 7.69. The quantitative estimate of drug-likeness (QED) is 0.826. The topological polar surface area (TPSA) is 63.9 Å². The van der Waals surface area contributed by atoms with E-state index in [0.717, 1.165) is 22.4 Å². The molecule has 1 aromatic carbocycles. The highest BCUT2D eigenvalue weighted by Crippen LogP contribution is 2.14. The molecule has 1 heterocycles. The smallest absolute Gasteiger partial charge is 0.133 e. The molecular weight excluding hydrogens is 202 g/mol. The van der Waals surface area contributed by atoms with E-state index in [4.69, 9.17) is 10.5 Å². The monoisotopic (exact) mass is 219 g/mol. The first-order valence-corrected chi connectivity index (χ1v) is 5.48. The zero-order valence-corrected chi connectivity index (χ0v) is 9.66. The molecule has 0 spiro atoms. The second-order valence-electron chi connectivity index (χ2n) is 4.10. The van der Waals surface area contributed by atoms with Crippen LogP contribution in [-0.2, 0) is 17.9 Å². The highest BCUT2D eigenvalue weighted by molar-refractivity contribution is 5.75. The molecule has 0 aliphatic heterocycles. The van der Waals surface area contributed by atoms with Crippen LogP contribution in [0.2, 0.25) is 0 Å². The van der Waals surface area contributed by atoms with Crippen molar-refractivity contribution in [3.63, 3.8) is 0 Å². The summed E-state index contributed by atoms with van der Waals surface area (Å²) in [5, 5.41) is 0. The lowest BCUT2D eigenvalue weighted by Crippen LogP contribution is -2.03. The van der Waals surface area contributed by atoms with E-state index >= 15 is 0 Å². The number of nitrogens with two attached hydrogens (primary N) is 1. The summed E-state index contributed by atoms with van der Waals surface area (Å²) in [6.45, 7) is 5.08. The van der Waals surface area contributed by atoms with Crippen LogP contribution in [-0.4, -0.2) is 16.1 Å². The molecule has 2 rings (SSSR count). The molecule has 86 valence electrons. The fourth-order valence-corrected chi connectivity index (χ4v) is 1.55. The number of aromatic amines is 1. The minimum Gasteiger partial charge on any atom is -0.371 e. The zero-order valence-electron chi connectivity index (χ0n) is 9.66. The van der Waals surface area contributed by atoms with Crippen molar-refractivity contribution < 1.29 is 4.74 Å². The number of hydrogen-bond acceptors (Lipinski definition) is 3.